The first kappa shape index (κ1) is 14.1. The number of aromatic nitrogens is 1. The molecule has 0 saturated heterocycles. The molecule has 0 aromatic carbocycles. The highest BCUT2D eigenvalue weighted by Gasteiger charge is 2.20. The van der Waals surface area contributed by atoms with Crippen molar-refractivity contribution in [1.82, 2.24) is 10.3 Å². The Kier molecular flexibility index (Phi) is 5.09. The van der Waals surface area contributed by atoms with Crippen LogP contribution in [0.1, 0.15) is 38.4 Å². The van der Waals surface area contributed by atoms with Crippen molar-refractivity contribution in [3.05, 3.63) is 29.6 Å². The van der Waals surface area contributed by atoms with Gasteiger partial charge in [-0.2, -0.15) is 0 Å². The molecule has 1 unspecified atom stereocenters. The predicted molar refractivity (Wildman–Crippen MR) is 70.8 cm³/mol. The van der Waals surface area contributed by atoms with Gasteiger partial charge in [-0.05, 0) is 37.8 Å². The maximum Gasteiger partial charge on any atom is 0.0746 e. The van der Waals surface area contributed by atoms with Gasteiger partial charge in [0.25, 0.3) is 0 Å². The lowest BCUT2D eigenvalue weighted by Crippen LogP contribution is -2.38. The summed E-state index contributed by atoms with van der Waals surface area (Å²) in [5, 5.41) is 13.4. The predicted octanol–water partition coefficient (Wildman–Crippen LogP) is 2.28. The van der Waals surface area contributed by atoms with Crippen molar-refractivity contribution in [1.29, 1.82) is 0 Å². The van der Waals surface area contributed by atoms with Crippen LogP contribution in [0.2, 0.25) is 0 Å². The Bertz CT molecular complexity index is 331. The Balaban J connectivity index is 2.34. The quantitative estimate of drug-likeness (QED) is 0.796. The summed E-state index contributed by atoms with van der Waals surface area (Å²) in [6.07, 6.45) is 2.69. The van der Waals surface area contributed by atoms with Crippen molar-refractivity contribution >= 4 is 0 Å². The van der Waals surface area contributed by atoms with Gasteiger partial charge in [0.15, 0.2) is 0 Å². The molecule has 0 aliphatic rings. The van der Waals surface area contributed by atoms with E-state index in [9.17, 15) is 5.11 Å². The molecule has 3 nitrogen and oxygen atoms in total. The minimum Gasteiger partial charge on any atom is -0.389 e. The smallest absolute Gasteiger partial charge is 0.0746 e. The molecule has 0 spiro atoms. The van der Waals surface area contributed by atoms with Crippen molar-refractivity contribution in [2.45, 2.75) is 46.3 Å². The number of nitrogens with one attached hydrogen (secondary N) is 1. The second-order valence-electron chi connectivity index (χ2n) is 5.51. The minimum atomic E-state index is -0.633. The van der Waals surface area contributed by atoms with Crippen LogP contribution in [0.25, 0.3) is 0 Å². The second kappa shape index (κ2) is 6.12. The molecule has 2 N–H and O–H groups in total. The molecule has 0 fully saturated rings. The van der Waals surface area contributed by atoms with Crippen LogP contribution in [0.3, 0.4) is 0 Å². The molecule has 1 aromatic heterocycles. The molecule has 0 aliphatic carbocycles. The van der Waals surface area contributed by atoms with Crippen molar-refractivity contribution in [2.75, 3.05) is 6.54 Å². The Morgan fingerprint density at radius 1 is 1.41 bits per heavy atom. The lowest BCUT2D eigenvalue weighted by Gasteiger charge is -2.25. The van der Waals surface area contributed by atoms with Crippen LogP contribution >= 0.6 is 0 Å². The van der Waals surface area contributed by atoms with Crippen LogP contribution in [-0.4, -0.2) is 22.2 Å². The highest BCUT2D eigenvalue weighted by molar-refractivity contribution is 5.12. The fourth-order valence-corrected chi connectivity index (χ4v) is 2.03. The Morgan fingerprint density at radius 3 is 2.65 bits per heavy atom. The summed E-state index contributed by atoms with van der Waals surface area (Å²) in [6.45, 7) is 9.47. The molecule has 1 atom stereocenters. The zero-order valence-corrected chi connectivity index (χ0v) is 11.3. The van der Waals surface area contributed by atoms with E-state index in [4.69, 9.17) is 0 Å². The molecule has 0 radical (unpaired) electrons. The second-order valence-corrected chi connectivity index (χ2v) is 5.51. The molecule has 17 heavy (non-hydrogen) atoms. The Labute approximate surface area is 104 Å². The van der Waals surface area contributed by atoms with E-state index in [2.05, 4.69) is 30.2 Å². The molecule has 0 amide bonds. The number of aliphatic hydroxyl groups is 1. The number of hydrogen-bond donors (Lipinski definition) is 2. The van der Waals surface area contributed by atoms with Gasteiger partial charge in [0.05, 0.1) is 5.60 Å². The Morgan fingerprint density at radius 2 is 2.12 bits per heavy atom. The summed E-state index contributed by atoms with van der Waals surface area (Å²) < 4.78 is 0. The fraction of sp³-hybridized carbons (Fsp3) is 0.643. The van der Waals surface area contributed by atoms with Crippen LogP contribution < -0.4 is 5.32 Å². The van der Waals surface area contributed by atoms with Crippen LogP contribution in [-0.2, 0) is 6.54 Å². The summed E-state index contributed by atoms with van der Waals surface area (Å²) in [5.41, 5.74) is 1.54. The number of hydrogen-bond acceptors (Lipinski definition) is 3. The van der Waals surface area contributed by atoms with Crippen molar-refractivity contribution in [3.63, 3.8) is 0 Å². The van der Waals surface area contributed by atoms with E-state index in [-0.39, 0.29) is 0 Å². The van der Waals surface area contributed by atoms with E-state index in [1.54, 1.807) is 0 Å². The molecule has 0 bridgehead atoms. The van der Waals surface area contributed by atoms with Gasteiger partial charge in [-0.15, -0.1) is 0 Å². The van der Waals surface area contributed by atoms with E-state index in [1.807, 2.05) is 26.1 Å². The third kappa shape index (κ3) is 5.80. The average Bonchev–Trinajstić information content (AvgIpc) is 2.18. The van der Waals surface area contributed by atoms with E-state index < -0.39 is 5.60 Å². The molecule has 96 valence electrons. The lowest BCUT2D eigenvalue weighted by atomic mass is 9.94. The zero-order valence-electron chi connectivity index (χ0n) is 11.3. The molecular formula is C14H24N2O. The van der Waals surface area contributed by atoms with E-state index in [0.717, 1.165) is 24.2 Å². The van der Waals surface area contributed by atoms with Gasteiger partial charge < -0.3 is 10.4 Å². The SMILES string of the molecule is Cc1ccc(CNCC(C)(O)CC(C)C)cn1. The molecule has 0 saturated carbocycles. The van der Waals surface area contributed by atoms with Gasteiger partial charge in [0, 0.05) is 25.0 Å². The zero-order chi connectivity index (χ0) is 12.9. The van der Waals surface area contributed by atoms with Crippen molar-refractivity contribution in [3.8, 4) is 0 Å². The largest absolute Gasteiger partial charge is 0.389 e. The van der Waals surface area contributed by atoms with Gasteiger partial charge in [-0.25, -0.2) is 0 Å². The summed E-state index contributed by atoms with van der Waals surface area (Å²) >= 11 is 0. The minimum absolute atomic E-state index is 0.507. The van der Waals surface area contributed by atoms with Gasteiger partial charge >= 0.3 is 0 Å². The van der Waals surface area contributed by atoms with Gasteiger partial charge in [-0.1, -0.05) is 19.9 Å². The number of rotatable bonds is 6. The van der Waals surface area contributed by atoms with E-state index in [1.165, 1.54) is 0 Å². The summed E-state index contributed by atoms with van der Waals surface area (Å²) in [5.74, 6) is 0.507. The number of pyridine rings is 1. The number of aryl methyl sites for hydroxylation is 1. The molecule has 3 heteroatoms. The van der Waals surface area contributed by atoms with E-state index >= 15 is 0 Å². The standard InChI is InChI=1S/C14H24N2O/c1-11(2)7-14(4,17)10-15-8-13-6-5-12(3)16-9-13/h5-6,9,11,15,17H,7-8,10H2,1-4H3. The third-order valence-electron chi connectivity index (χ3n) is 2.66. The van der Waals surface area contributed by atoms with Crippen molar-refractivity contribution in [2.24, 2.45) is 5.92 Å². The topological polar surface area (TPSA) is 45.1 Å². The van der Waals surface area contributed by atoms with Crippen LogP contribution in [0.15, 0.2) is 18.3 Å². The average molecular weight is 236 g/mol. The maximum absolute atomic E-state index is 10.1. The molecule has 1 aromatic rings. The van der Waals surface area contributed by atoms with Gasteiger partial charge in [0.2, 0.25) is 0 Å². The normalized spacial score (nSPS) is 14.9. The van der Waals surface area contributed by atoms with E-state index in [0.29, 0.717) is 12.5 Å². The lowest BCUT2D eigenvalue weighted by molar-refractivity contribution is 0.0383. The van der Waals surface area contributed by atoms with Gasteiger partial charge in [0.1, 0.15) is 0 Å². The molecule has 1 heterocycles. The molecule has 0 aliphatic heterocycles. The first-order valence-electron chi connectivity index (χ1n) is 6.24. The molecule has 1 rings (SSSR count). The summed E-state index contributed by atoms with van der Waals surface area (Å²) in [4.78, 5) is 4.24. The van der Waals surface area contributed by atoms with Crippen molar-refractivity contribution < 1.29 is 5.11 Å². The highest BCUT2D eigenvalue weighted by Crippen LogP contribution is 2.15. The fourth-order valence-electron chi connectivity index (χ4n) is 2.03. The monoisotopic (exact) mass is 236 g/mol. The Hall–Kier alpha value is -0.930. The van der Waals surface area contributed by atoms with Crippen LogP contribution in [0.4, 0.5) is 0 Å². The third-order valence-corrected chi connectivity index (χ3v) is 2.66. The number of nitrogens with zero attached hydrogens (tertiary/aromatic N) is 1. The highest BCUT2D eigenvalue weighted by atomic mass is 16.3. The van der Waals surface area contributed by atoms with Crippen LogP contribution in [0.5, 0.6) is 0 Å². The first-order chi connectivity index (χ1) is 7.89. The molecular weight excluding hydrogens is 212 g/mol. The van der Waals surface area contributed by atoms with Crippen LogP contribution in [0, 0.1) is 12.8 Å². The summed E-state index contributed by atoms with van der Waals surface area (Å²) in [7, 11) is 0. The maximum atomic E-state index is 10.1. The first-order valence-corrected chi connectivity index (χ1v) is 6.24. The van der Waals surface area contributed by atoms with Gasteiger partial charge in [-0.3, -0.25) is 4.98 Å². The summed E-state index contributed by atoms with van der Waals surface area (Å²) in [6, 6.07) is 4.07.